The zero-order valence-electron chi connectivity index (χ0n) is 11.0. The van der Waals surface area contributed by atoms with Crippen LogP contribution in [0.15, 0.2) is 0 Å². The summed E-state index contributed by atoms with van der Waals surface area (Å²) >= 11 is 0. The van der Waals surface area contributed by atoms with Crippen molar-refractivity contribution in [1.82, 2.24) is 0 Å². The fourth-order valence-corrected chi connectivity index (χ4v) is 0. The average molecular weight is 412 g/mol. The van der Waals surface area contributed by atoms with E-state index < -0.39 is 0 Å². The number of hydrogen-bond acceptors (Lipinski definition) is 12. The third-order valence-corrected chi connectivity index (χ3v) is 0. The summed E-state index contributed by atoms with van der Waals surface area (Å²) in [6.07, 6.45) is 0. The van der Waals surface area contributed by atoms with Crippen LogP contribution >= 0.6 is 0 Å². The molecule has 132 valence electrons. The van der Waals surface area contributed by atoms with Crippen LogP contribution in [0, 0.1) is 118 Å². The van der Waals surface area contributed by atoms with E-state index in [1.807, 2.05) is 0 Å². The van der Waals surface area contributed by atoms with Gasteiger partial charge in [-0.3, -0.25) is 10.5 Å². The Morgan fingerprint density at radius 1 is 0.250 bits per heavy atom. The molecule has 0 bridgehead atoms. The van der Waals surface area contributed by atoms with E-state index in [2.05, 4.69) is 0 Å². The molecular formula is C10H2Co2N10O2-10. The topological polar surface area (TPSA) is 278 Å². The van der Waals surface area contributed by atoms with Gasteiger partial charge in [0.2, 0.25) is 0 Å². The second-order valence-corrected chi connectivity index (χ2v) is 0. The first-order valence-electron chi connectivity index (χ1n) is 2.44. The molecule has 0 aromatic rings. The monoisotopic (exact) mass is 412 g/mol. The molecule has 2 N–H and O–H groups in total. The van der Waals surface area contributed by atoms with Crippen LogP contribution in [0.4, 0.5) is 0 Å². The minimum Gasteiger partial charge on any atom is -0.512 e. The summed E-state index contributed by atoms with van der Waals surface area (Å²) < 4.78 is 0. The van der Waals surface area contributed by atoms with Gasteiger partial charge in [0.05, 0.1) is 0 Å². The van der Waals surface area contributed by atoms with Crippen molar-refractivity contribution < 1.29 is 44.1 Å². The van der Waals surface area contributed by atoms with Crippen molar-refractivity contribution in [3.05, 3.63) is 65.7 Å². The quantitative estimate of drug-likeness (QED) is 0.320. The molecule has 0 unspecified atom stereocenters. The van der Waals surface area contributed by atoms with Crippen molar-refractivity contribution in [3.63, 3.8) is 0 Å². The number of nitrogens with zero attached hydrogens (tertiary/aromatic N) is 10. The van der Waals surface area contributed by atoms with Gasteiger partial charge in [-0.1, -0.05) is 0 Å². The van der Waals surface area contributed by atoms with Crippen LogP contribution in [0.3, 0.4) is 0 Å². The SMILES string of the molecule is OO.[C-]#N.[C-]#N.[C-]#N.[C-]#N.[C-]#N.[C-]#N.[C-]#N.[C-]#N.[C-]#N.[C-]#N.[Co].[Co]. The predicted molar refractivity (Wildman–Crippen MR) is 54.9 cm³/mol. The fraction of sp³-hybridized carbons (Fsp3) is 0. The van der Waals surface area contributed by atoms with E-state index in [0.29, 0.717) is 0 Å². The Kier molecular flexibility index (Phi) is 2170. The smallest absolute Gasteiger partial charge is 0 e. The minimum atomic E-state index is 0. The van der Waals surface area contributed by atoms with Crippen molar-refractivity contribution >= 4 is 0 Å². The van der Waals surface area contributed by atoms with Crippen molar-refractivity contribution in [3.8, 4) is 0 Å². The third-order valence-electron chi connectivity index (χ3n) is 0. The van der Waals surface area contributed by atoms with Crippen LogP contribution < -0.4 is 0 Å². The molecule has 0 saturated carbocycles. The molecule has 24 heavy (non-hydrogen) atoms. The van der Waals surface area contributed by atoms with E-state index >= 15 is 0 Å². The molecule has 0 rings (SSSR count). The molecular weight excluding hydrogens is 410 g/mol. The van der Waals surface area contributed by atoms with Crippen LogP contribution in [-0.4, -0.2) is 10.5 Å². The van der Waals surface area contributed by atoms with Gasteiger partial charge in [-0.05, 0) is 0 Å². The van der Waals surface area contributed by atoms with E-state index in [-0.39, 0.29) is 33.6 Å². The van der Waals surface area contributed by atoms with Crippen LogP contribution in [0.25, 0.3) is 0 Å². The van der Waals surface area contributed by atoms with Crippen LogP contribution in [0.2, 0.25) is 0 Å². The van der Waals surface area contributed by atoms with Gasteiger partial charge in [0.15, 0.2) is 0 Å². The van der Waals surface area contributed by atoms with Crippen molar-refractivity contribution in [2.45, 2.75) is 0 Å². The zero-order chi connectivity index (χ0) is 22.0. The molecule has 0 saturated heterocycles. The van der Waals surface area contributed by atoms with Crippen LogP contribution in [-0.2, 0) is 33.6 Å². The first-order valence-corrected chi connectivity index (χ1v) is 2.44. The van der Waals surface area contributed by atoms with Gasteiger partial charge in [-0.2, -0.15) is 0 Å². The molecule has 0 aromatic heterocycles. The van der Waals surface area contributed by atoms with Crippen LogP contribution in [0.1, 0.15) is 0 Å². The summed E-state index contributed by atoms with van der Waals surface area (Å²) in [5.74, 6) is 0. The number of hydrogen-bond donors (Lipinski definition) is 2. The summed E-state index contributed by atoms with van der Waals surface area (Å²) in [4.78, 5) is 0. The van der Waals surface area contributed by atoms with E-state index in [1.54, 1.807) is 0 Å². The maximum atomic E-state index is 6.25. The van der Waals surface area contributed by atoms with Crippen LogP contribution in [0.5, 0.6) is 0 Å². The molecule has 2 radical (unpaired) electrons. The van der Waals surface area contributed by atoms with E-state index in [1.165, 1.54) is 0 Å². The molecule has 0 aromatic carbocycles. The second kappa shape index (κ2) is 345. The van der Waals surface area contributed by atoms with E-state index in [9.17, 15) is 0 Å². The molecule has 0 amide bonds. The third kappa shape index (κ3) is 291. The largest absolute Gasteiger partial charge is 0.512 e. The molecule has 14 heteroatoms. The first kappa shape index (κ1) is 151. The van der Waals surface area contributed by atoms with Gasteiger partial charge >= 0.3 is 0 Å². The average Bonchev–Trinajstić information content (AvgIpc) is 2.78. The second-order valence-electron chi connectivity index (χ2n) is 0. The standard InChI is InChI=1S/10CN.2Co.H2O2/c10*1-2;;;1-2/h;;;;;;;;;;;;1-2H/q10*-1;;;. The summed E-state index contributed by atoms with van der Waals surface area (Å²) in [5.41, 5.74) is 0. The summed E-state index contributed by atoms with van der Waals surface area (Å²) in [5, 5.41) is 74.5. The Hall–Kier alpha value is -4.17. The van der Waals surface area contributed by atoms with Gasteiger partial charge < -0.3 is 118 Å². The Morgan fingerprint density at radius 3 is 0.250 bits per heavy atom. The van der Waals surface area contributed by atoms with Crippen molar-refractivity contribution in [2.24, 2.45) is 0 Å². The summed E-state index contributed by atoms with van der Waals surface area (Å²) in [6, 6.07) is 0. The molecule has 0 heterocycles. The van der Waals surface area contributed by atoms with E-state index in [0.717, 1.165) is 0 Å². The Labute approximate surface area is 162 Å². The first-order chi connectivity index (χ1) is 11.0. The van der Waals surface area contributed by atoms with Gasteiger partial charge in [-0.15, -0.1) is 0 Å². The Bertz CT molecular complexity index is 187. The zero-order valence-corrected chi connectivity index (χ0v) is 13.1. The van der Waals surface area contributed by atoms with Gasteiger partial charge in [0, 0.05) is 33.6 Å². The maximum absolute atomic E-state index is 6.25. The van der Waals surface area contributed by atoms with Gasteiger partial charge in [0.25, 0.3) is 0 Å². The van der Waals surface area contributed by atoms with Gasteiger partial charge in [0.1, 0.15) is 0 Å². The Balaban J connectivity index is -0.00000000500. The predicted octanol–water partition coefficient (Wildman–Crippen LogP) is 0.976. The Morgan fingerprint density at radius 2 is 0.250 bits per heavy atom. The molecule has 0 fully saturated rings. The van der Waals surface area contributed by atoms with Gasteiger partial charge in [-0.25, -0.2) is 0 Å². The molecule has 0 aliphatic rings. The summed E-state index contributed by atoms with van der Waals surface area (Å²) in [6.45, 7) is 47.5. The maximum Gasteiger partial charge on any atom is 0 e. The van der Waals surface area contributed by atoms with Crippen molar-refractivity contribution in [1.29, 1.82) is 52.6 Å². The minimum absolute atomic E-state index is 0. The molecule has 0 spiro atoms. The molecule has 0 aliphatic heterocycles. The van der Waals surface area contributed by atoms with E-state index in [4.69, 9.17) is 129 Å². The number of rotatable bonds is 0. The normalized spacial score (nSPS) is 1.08. The fourth-order valence-electron chi connectivity index (χ4n) is 0. The molecule has 0 aliphatic carbocycles. The van der Waals surface area contributed by atoms with Crippen molar-refractivity contribution in [2.75, 3.05) is 0 Å². The molecule has 12 nitrogen and oxygen atoms in total. The molecule has 0 atom stereocenters. The summed E-state index contributed by atoms with van der Waals surface area (Å²) in [7, 11) is 0.